The summed E-state index contributed by atoms with van der Waals surface area (Å²) in [4.78, 5) is 15.4. The first-order valence-electron chi connectivity index (χ1n) is 5.65. The molecule has 1 saturated heterocycles. The molecule has 1 aliphatic rings. The van der Waals surface area contributed by atoms with Gasteiger partial charge in [-0.3, -0.25) is 0 Å². The molecule has 2 rings (SSSR count). The zero-order valence-corrected chi connectivity index (χ0v) is 9.89. The number of carboxylic acid groups (broad SMARTS) is 1. The number of carbonyl (C=O) groups is 1. The second kappa shape index (κ2) is 4.63. The summed E-state index contributed by atoms with van der Waals surface area (Å²) in [6.07, 6.45) is 0. The van der Waals surface area contributed by atoms with Crippen molar-refractivity contribution in [3.8, 4) is 0 Å². The molecule has 3 N–H and O–H groups in total. The summed E-state index contributed by atoms with van der Waals surface area (Å²) < 4.78 is 0. The normalized spacial score (nSPS) is 17.1. The van der Waals surface area contributed by atoms with Crippen LogP contribution in [-0.4, -0.2) is 49.2 Å². The Bertz CT molecular complexity index is 426. The molecular weight excluding hydrogens is 218 g/mol. The van der Waals surface area contributed by atoms with Crippen LogP contribution in [0, 0.1) is 0 Å². The fraction of sp³-hybridized carbons (Fsp3) is 0.417. The molecule has 1 aromatic rings. The minimum absolute atomic E-state index is 0.182. The molecule has 17 heavy (non-hydrogen) atoms. The first-order valence-corrected chi connectivity index (χ1v) is 5.65. The van der Waals surface area contributed by atoms with Crippen LogP contribution in [0.2, 0.25) is 0 Å². The van der Waals surface area contributed by atoms with Crippen LogP contribution in [-0.2, 0) is 0 Å². The molecule has 0 bridgehead atoms. The number of para-hydroxylation sites is 1. The van der Waals surface area contributed by atoms with Gasteiger partial charge >= 0.3 is 5.97 Å². The summed E-state index contributed by atoms with van der Waals surface area (Å²) in [6, 6.07) is 5.16. The third-order valence-electron chi connectivity index (χ3n) is 3.16. The molecule has 5 heteroatoms. The predicted octanol–water partition coefficient (Wildman–Crippen LogP) is 0.719. The minimum atomic E-state index is -0.974. The van der Waals surface area contributed by atoms with Gasteiger partial charge in [-0.05, 0) is 19.2 Å². The van der Waals surface area contributed by atoms with Crippen LogP contribution >= 0.6 is 0 Å². The summed E-state index contributed by atoms with van der Waals surface area (Å²) in [5, 5.41) is 9.02. The van der Waals surface area contributed by atoms with Crippen LogP contribution in [0.3, 0.4) is 0 Å². The summed E-state index contributed by atoms with van der Waals surface area (Å²) in [7, 11) is 2.08. The average molecular weight is 235 g/mol. The van der Waals surface area contributed by atoms with Crippen LogP contribution < -0.4 is 10.6 Å². The molecule has 1 aliphatic heterocycles. The highest BCUT2D eigenvalue weighted by atomic mass is 16.4. The molecule has 1 heterocycles. The molecule has 92 valence electrons. The van der Waals surface area contributed by atoms with E-state index in [1.54, 1.807) is 6.07 Å². The molecular formula is C12H17N3O2. The van der Waals surface area contributed by atoms with Gasteiger partial charge in [0.2, 0.25) is 0 Å². The Morgan fingerprint density at radius 2 is 1.94 bits per heavy atom. The predicted molar refractivity (Wildman–Crippen MR) is 67.5 cm³/mol. The molecule has 0 radical (unpaired) electrons. The van der Waals surface area contributed by atoms with Gasteiger partial charge in [0.15, 0.2) is 0 Å². The number of anilines is 2. The average Bonchev–Trinajstić information content (AvgIpc) is 2.30. The van der Waals surface area contributed by atoms with Crippen LogP contribution in [0.15, 0.2) is 18.2 Å². The fourth-order valence-corrected chi connectivity index (χ4v) is 2.06. The lowest BCUT2D eigenvalue weighted by atomic mass is 10.1. The van der Waals surface area contributed by atoms with E-state index >= 15 is 0 Å². The van der Waals surface area contributed by atoms with E-state index in [0.717, 1.165) is 31.9 Å². The maximum absolute atomic E-state index is 11.0. The number of benzene rings is 1. The lowest BCUT2D eigenvalue weighted by Crippen LogP contribution is -2.44. The quantitative estimate of drug-likeness (QED) is 0.739. The molecule has 0 aromatic heterocycles. The Morgan fingerprint density at radius 1 is 1.29 bits per heavy atom. The monoisotopic (exact) mass is 235 g/mol. The van der Waals surface area contributed by atoms with Crippen molar-refractivity contribution in [1.29, 1.82) is 0 Å². The first kappa shape index (κ1) is 11.7. The number of nitrogens with two attached hydrogens (primary N) is 1. The van der Waals surface area contributed by atoms with Gasteiger partial charge in [0.25, 0.3) is 0 Å². The number of hydrogen-bond acceptors (Lipinski definition) is 4. The number of hydrogen-bond donors (Lipinski definition) is 2. The van der Waals surface area contributed by atoms with Crippen LogP contribution in [0.5, 0.6) is 0 Å². The van der Waals surface area contributed by atoms with Crippen molar-refractivity contribution in [3.05, 3.63) is 23.8 Å². The minimum Gasteiger partial charge on any atom is -0.478 e. The van der Waals surface area contributed by atoms with Crippen LogP contribution in [0.4, 0.5) is 11.4 Å². The second-order valence-electron chi connectivity index (χ2n) is 4.33. The highest BCUT2D eigenvalue weighted by molar-refractivity contribution is 5.97. The maximum atomic E-state index is 11.0. The van der Waals surface area contributed by atoms with Gasteiger partial charge in [0, 0.05) is 26.2 Å². The van der Waals surface area contributed by atoms with Crippen molar-refractivity contribution < 1.29 is 9.90 Å². The standard InChI is InChI=1S/C12H17N3O2/c1-14-5-7-15(8-6-14)10-4-2-3-9(11(10)13)12(16)17/h2-4H,5-8,13H2,1H3,(H,16,17). The topological polar surface area (TPSA) is 69.8 Å². The highest BCUT2D eigenvalue weighted by Crippen LogP contribution is 2.27. The van der Waals surface area contributed by atoms with E-state index in [2.05, 4.69) is 16.8 Å². The zero-order valence-electron chi connectivity index (χ0n) is 9.89. The third kappa shape index (κ3) is 2.34. The molecule has 0 amide bonds. The molecule has 0 aliphatic carbocycles. The Morgan fingerprint density at radius 3 is 2.53 bits per heavy atom. The lowest BCUT2D eigenvalue weighted by molar-refractivity contribution is 0.0698. The van der Waals surface area contributed by atoms with E-state index in [9.17, 15) is 4.79 Å². The number of nitrogens with zero attached hydrogens (tertiary/aromatic N) is 2. The molecule has 0 atom stereocenters. The number of aromatic carboxylic acids is 1. The van der Waals surface area contributed by atoms with Crippen molar-refractivity contribution in [3.63, 3.8) is 0 Å². The number of carboxylic acids is 1. The summed E-state index contributed by atoms with van der Waals surface area (Å²) >= 11 is 0. The second-order valence-corrected chi connectivity index (χ2v) is 4.33. The third-order valence-corrected chi connectivity index (χ3v) is 3.16. The SMILES string of the molecule is CN1CCN(c2cccc(C(=O)O)c2N)CC1. The van der Waals surface area contributed by atoms with E-state index in [4.69, 9.17) is 10.8 Å². The van der Waals surface area contributed by atoms with Crippen LogP contribution in [0.1, 0.15) is 10.4 Å². The van der Waals surface area contributed by atoms with E-state index in [0.29, 0.717) is 5.69 Å². The molecule has 0 unspecified atom stereocenters. The lowest BCUT2D eigenvalue weighted by Gasteiger charge is -2.34. The maximum Gasteiger partial charge on any atom is 0.337 e. The van der Waals surface area contributed by atoms with Gasteiger partial charge in [-0.1, -0.05) is 6.07 Å². The van der Waals surface area contributed by atoms with Crippen LogP contribution in [0.25, 0.3) is 0 Å². The van der Waals surface area contributed by atoms with Crippen molar-refractivity contribution in [2.75, 3.05) is 43.9 Å². The number of nitrogen functional groups attached to an aromatic ring is 1. The van der Waals surface area contributed by atoms with Gasteiger partial charge in [-0.15, -0.1) is 0 Å². The van der Waals surface area contributed by atoms with E-state index in [1.165, 1.54) is 6.07 Å². The highest BCUT2D eigenvalue weighted by Gasteiger charge is 2.19. The Kier molecular flexibility index (Phi) is 3.19. The largest absolute Gasteiger partial charge is 0.478 e. The Hall–Kier alpha value is -1.75. The summed E-state index contributed by atoms with van der Waals surface area (Å²) in [6.45, 7) is 3.70. The smallest absolute Gasteiger partial charge is 0.337 e. The number of likely N-dealkylation sites (N-methyl/N-ethyl adjacent to an activating group) is 1. The van der Waals surface area contributed by atoms with Gasteiger partial charge < -0.3 is 20.6 Å². The molecule has 5 nitrogen and oxygen atoms in total. The van der Waals surface area contributed by atoms with Gasteiger partial charge in [0.05, 0.1) is 16.9 Å². The molecule has 0 saturated carbocycles. The summed E-state index contributed by atoms with van der Waals surface area (Å²) in [5.41, 5.74) is 7.29. The summed E-state index contributed by atoms with van der Waals surface area (Å²) in [5.74, 6) is -0.974. The van der Waals surface area contributed by atoms with Gasteiger partial charge in [-0.2, -0.15) is 0 Å². The van der Waals surface area contributed by atoms with Crippen molar-refractivity contribution in [2.45, 2.75) is 0 Å². The fourth-order valence-electron chi connectivity index (χ4n) is 2.06. The van der Waals surface area contributed by atoms with Crippen molar-refractivity contribution in [1.82, 2.24) is 4.90 Å². The van der Waals surface area contributed by atoms with Gasteiger partial charge in [0.1, 0.15) is 0 Å². The van der Waals surface area contributed by atoms with E-state index in [1.807, 2.05) is 6.07 Å². The number of piperazine rings is 1. The van der Waals surface area contributed by atoms with E-state index < -0.39 is 5.97 Å². The number of rotatable bonds is 2. The zero-order chi connectivity index (χ0) is 12.4. The molecule has 0 spiro atoms. The van der Waals surface area contributed by atoms with Crippen molar-refractivity contribution >= 4 is 17.3 Å². The van der Waals surface area contributed by atoms with Gasteiger partial charge in [-0.25, -0.2) is 4.79 Å². The Balaban J connectivity index is 2.27. The van der Waals surface area contributed by atoms with E-state index in [-0.39, 0.29) is 5.56 Å². The molecule has 1 aromatic carbocycles. The van der Waals surface area contributed by atoms with Crippen molar-refractivity contribution in [2.24, 2.45) is 0 Å². The first-order chi connectivity index (χ1) is 8.09. The Labute approximate surface area is 100 Å². The molecule has 1 fully saturated rings.